The smallest absolute Gasteiger partial charge is 0.0503 e. The topological polar surface area (TPSA) is 43.1 Å². The molecule has 17 heavy (non-hydrogen) atoms. The van der Waals surface area contributed by atoms with E-state index in [-0.39, 0.29) is 5.25 Å². The van der Waals surface area contributed by atoms with Crippen molar-refractivity contribution in [3.05, 3.63) is 34.3 Å². The molecule has 2 nitrogen and oxygen atoms in total. The molecule has 0 radical (unpaired) electrons. The van der Waals surface area contributed by atoms with Gasteiger partial charge < -0.3 is 5.73 Å². The van der Waals surface area contributed by atoms with Gasteiger partial charge in [-0.1, -0.05) is 44.5 Å². The summed E-state index contributed by atoms with van der Waals surface area (Å²) in [6, 6.07) is 5.72. The van der Waals surface area contributed by atoms with Crippen LogP contribution in [0.2, 0.25) is 5.02 Å². The fraction of sp³-hybridized carbons (Fsp3) is 0.538. The van der Waals surface area contributed by atoms with Crippen molar-refractivity contribution in [3.8, 4) is 0 Å². The average molecular weight is 274 g/mol. The largest absolute Gasteiger partial charge is 0.326 e. The highest BCUT2D eigenvalue weighted by atomic mass is 35.5. The fourth-order valence-electron chi connectivity index (χ4n) is 1.42. The van der Waals surface area contributed by atoms with E-state index in [9.17, 15) is 4.21 Å². The van der Waals surface area contributed by atoms with Gasteiger partial charge in [0, 0.05) is 27.6 Å². The Balaban J connectivity index is 2.78. The summed E-state index contributed by atoms with van der Waals surface area (Å²) in [4.78, 5) is 0. The summed E-state index contributed by atoms with van der Waals surface area (Å²) in [5.74, 6) is 0.932. The molecule has 0 amide bonds. The summed E-state index contributed by atoms with van der Waals surface area (Å²) >= 11 is 6.15. The SMILES string of the molecule is CC(C)C(C)S(=O)Cc1ccc(CN)cc1Cl. The first kappa shape index (κ1) is 14.7. The van der Waals surface area contributed by atoms with E-state index in [4.69, 9.17) is 17.3 Å². The van der Waals surface area contributed by atoms with Gasteiger partial charge in [-0.2, -0.15) is 0 Å². The zero-order valence-corrected chi connectivity index (χ0v) is 12.1. The van der Waals surface area contributed by atoms with E-state index in [1.807, 2.05) is 25.1 Å². The number of benzene rings is 1. The van der Waals surface area contributed by atoms with Gasteiger partial charge in [0.25, 0.3) is 0 Å². The molecule has 0 aliphatic rings. The fourth-order valence-corrected chi connectivity index (χ4v) is 3.20. The molecule has 1 rings (SSSR count). The van der Waals surface area contributed by atoms with Gasteiger partial charge in [-0.25, -0.2) is 0 Å². The zero-order valence-electron chi connectivity index (χ0n) is 10.6. The first-order chi connectivity index (χ1) is 7.95. The maximum Gasteiger partial charge on any atom is 0.0503 e. The molecule has 0 aliphatic carbocycles. The predicted octanol–water partition coefficient (Wildman–Crippen LogP) is 3.09. The van der Waals surface area contributed by atoms with Crippen LogP contribution in [-0.4, -0.2) is 9.46 Å². The van der Waals surface area contributed by atoms with Crippen LogP contribution in [0.25, 0.3) is 0 Å². The van der Waals surface area contributed by atoms with Crippen LogP contribution in [0.5, 0.6) is 0 Å². The molecule has 0 saturated carbocycles. The van der Waals surface area contributed by atoms with Crippen LogP contribution in [0, 0.1) is 5.92 Å². The molecule has 2 N–H and O–H groups in total. The van der Waals surface area contributed by atoms with E-state index < -0.39 is 10.8 Å². The van der Waals surface area contributed by atoms with Crippen molar-refractivity contribution >= 4 is 22.4 Å². The molecule has 0 aromatic heterocycles. The Morgan fingerprint density at radius 2 is 2.00 bits per heavy atom. The molecular weight excluding hydrogens is 254 g/mol. The minimum absolute atomic E-state index is 0.181. The molecule has 0 bridgehead atoms. The first-order valence-electron chi connectivity index (χ1n) is 5.80. The van der Waals surface area contributed by atoms with Gasteiger partial charge in [-0.15, -0.1) is 0 Å². The summed E-state index contributed by atoms with van der Waals surface area (Å²) in [5, 5.41) is 0.845. The molecule has 0 heterocycles. The molecule has 2 atom stereocenters. The van der Waals surface area contributed by atoms with Crippen LogP contribution in [0.15, 0.2) is 18.2 Å². The Morgan fingerprint density at radius 3 is 2.47 bits per heavy atom. The summed E-state index contributed by atoms with van der Waals surface area (Å²) in [6.07, 6.45) is 0. The molecule has 96 valence electrons. The number of rotatable bonds is 5. The van der Waals surface area contributed by atoms with Gasteiger partial charge in [-0.05, 0) is 23.1 Å². The highest BCUT2D eigenvalue weighted by Crippen LogP contribution is 2.21. The summed E-state index contributed by atoms with van der Waals surface area (Å²) < 4.78 is 12.1. The lowest BCUT2D eigenvalue weighted by atomic mass is 10.1. The van der Waals surface area contributed by atoms with E-state index in [0.717, 1.165) is 11.1 Å². The molecule has 1 aromatic rings. The second kappa shape index (κ2) is 6.53. The molecule has 1 aromatic carbocycles. The Morgan fingerprint density at radius 1 is 1.35 bits per heavy atom. The second-order valence-electron chi connectivity index (χ2n) is 4.60. The lowest BCUT2D eigenvalue weighted by molar-refractivity contribution is 0.605. The third kappa shape index (κ3) is 4.09. The lowest BCUT2D eigenvalue weighted by Crippen LogP contribution is -2.19. The summed E-state index contributed by atoms with van der Waals surface area (Å²) in [6.45, 7) is 6.66. The standard InChI is InChI=1S/C13H20ClNOS/c1-9(2)10(3)17(16)8-12-5-4-11(7-15)6-13(12)14/h4-6,9-10H,7-8,15H2,1-3H3. The first-order valence-corrected chi connectivity index (χ1v) is 7.56. The van der Waals surface area contributed by atoms with E-state index in [1.165, 1.54) is 0 Å². The normalized spacial score (nSPS) is 14.9. The maximum atomic E-state index is 12.1. The lowest BCUT2D eigenvalue weighted by Gasteiger charge is -2.15. The number of hydrogen-bond acceptors (Lipinski definition) is 2. The molecular formula is C13H20ClNOS. The zero-order chi connectivity index (χ0) is 13.0. The highest BCUT2D eigenvalue weighted by Gasteiger charge is 2.16. The van der Waals surface area contributed by atoms with Gasteiger partial charge in [0.05, 0.1) is 5.75 Å². The summed E-state index contributed by atoms with van der Waals surface area (Å²) in [7, 11) is -0.880. The number of halogens is 1. The molecule has 4 heteroatoms. The Bertz CT molecular complexity index is 406. The van der Waals surface area contributed by atoms with Crippen LogP contribution in [0.3, 0.4) is 0 Å². The van der Waals surface area contributed by atoms with E-state index in [0.29, 0.717) is 23.2 Å². The second-order valence-corrected chi connectivity index (χ2v) is 6.81. The van der Waals surface area contributed by atoms with Gasteiger partial charge in [0.2, 0.25) is 0 Å². The van der Waals surface area contributed by atoms with Crippen LogP contribution in [0.1, 0.15) is 31.9 Å². The van der Waals surface area contributed by atoms with Crippen molar-refractivity contribution in [1.29, 1.82) is 0 Å². The maximum absolute atomic E-state index is 12.1. The van der Waals surface area contributed by atoms with E-state index >= 15 is 0 Å². The van der Waals surface area contributed by atoms with Crippen molar-refractivity contribution in [3.63, 3.8) is 0 Å². The van der Waals surface area contributed by atoms with Crippen LogP contribution in [0.4, 0.5) is 0 Å². The monoisotopic (exact) mass is 273 g/mol. The van der Waals surface area contributed by atoms with Gasteiger partial charge >= 0.3 is 0 Å². The number of nitrogens with two attached hydrogens (primary N) is 1. The van der Waals surface area contributed by atoms with Crippen molar-refractivity contribution in [2.45, 2.75) is 38.3 Å². The number of hydrogen-bond donors (Lipinski definition) is 1. The van der Waals surface area contributed by atoms with Gasteiger partial charge in [0.15, 0.2) is 0 Å². The minimum atomic E-state index is -0.880. The van der Waals surface area contributed by atoms with Crippen molar-refractivity contribution in [1.82, 2.24) is 0 Å². The predicted molar refractivity (Wildman–Crippen MR) is 75.5 cm³/mol. The quantitative estimate of drug-likeness (QED) is 0.896. The van der Waals surface area contributed by atoms with E-state index in [1.54, 1.807) is 0 Å². The minimum Gasteiger partial charge on any atom is -0.326 e. The summed E-state index contributed by atoms with van der Waals surface area (Å²) in [5.41, 5.74) is 7.48. The third-order valence-electron chi connectivity index (χ3n) is 3.00. The molecule has 2 unspecified atom stereocenters. The highest BCUT2D eigenvalue weighted by molar-refractivity contribution is 7.84. The van der Waals surface area contributed by atoms with Gasteiger partial charge in [0.1, 0.15) is 0 Å². The Hall–Kier alpha value is -0.380. The van der Waals surface area contributed by atoms with Crippen molar-refractivity contribution in [2.75, 3.05) is 0 Å². The third-order valence-corrected chi connectivity index (χ3v) is 5.33. The van der Waals surface area contributed by atoms with Crippen LogP contribution >= 0.6 is 11.6 Å². The van der Waals surface area contributed by atoms with Crippen LogP contribution < -0.4 is 5.73 Å². The van der Waals surface area contributed by atoms with Gasteiger partial charge in [-0.3, -0.25) is 4.21 Å². The molecule has 0 fully saturated rings. The average Bonchev–Trinajstić information content (AvgIpc) is 2.30. The van der Waals surface area contributed by atoms with Crippen LogP contribution in [-0.2, 0) is 23.1 Å². The molecule has 0 saturated heterocycles. The Labute approximate surface area is 111 Å². The Kier molecular flexibility index (Phi) is 5.63. The molecule has 0 aliphatic heterocycles. The van der Waals surface area contributed by atoms with Crippen molar-refractivity contribution < 1.29 is 4.21 Å². The molecule has 0 spiro atoms. The van der Waals surface area contributed by atoms with Crippen molar-refractivity contribution in [2.24, 2.45) is 11.7 Å². The van der Waals surface area contributed by atoms with E-state index in [2.05, 4.69) is 13.8 Å².